The highest BCUT2D eigenvalue weighted by atomic mass is 16.5. The van der Waals surface area contributed by atoms with Crippen LogP contribution in [0.4, 0.5) is 0 Å². The van der Waals surface area contributed by atoms with E-state index >= 15 is 0 Å². The van der Waals surface area contributed by atoms with Gasteiger partial charge in [-0.2, -0.15) is 0 Å². The van der Waals surface area contributed by atoms with Gasteiger partial charge in [-0.3, -0.25) is 5.41 Å². The Morgan fingerprint density at radius 3 is 2.78 bits per heavy atom. The average molecular weight is 244 g/mol. The highest BCUT2D eigenvalue weighted by molar-refractivity contribution is 5.78. The van der Waals surface area contributed by atoms with Gasteiger partial charge in [0.1, 0.15) is 5.75 Å². The van der Waals surface area contributed by atoms with Crippen molar-refractivity contribution in [3.63, 3.8) is 0 Å². The van der Waals surface area contributed by atoms with Crippen molar-refractivity contribution in [1.82, 2.24) is 0 Å². The molecule has 0 atom stereocenters. The van der Waals surface area contributed by atoms with Crippen LogP contribution in [0.25, 0.3) is 0 Å². The van der Waals surface area contributed by atoms with E-state index in [1.807, 2.05) is 0 Å². The minimum absolute atomic E-state index is 0.158. The zero-order valence-electron chi connectivity index (χ0n) is 10.7. The standard InChI is InChI=1S/C15H20N2O/c16-14(17)9-15(6-7-15)10-18-13-5-4-11-2-1-3-12(11)8-13/h4-5,8H,1-3,6-7,9-10H2,(H3,16,17). The molecule has 3 nitrogen and oxygen atoms in total. The van der Waals surface area contributed by atoms with Gasteiger partial charge in [0, 0.05) is 11.8 Å². The zero-order valence-corrected chi connectivity index (χ0v) is 10.7. The van der Waals surface area contributed by atoms with E-state index in [9.17, 15) is 0 Å². The van der Waals surface area contributed by atoms with Crippen LogP contribution in [-0.4, -0.2) is 12.4 Å². The molecule has 96 valence electrons. The first-order valence-corrected chi connectivity index (χ1v) is 6.74. The molecule has 3 N–H and O–H groups in total. The maximum atomic E-state index is 7.40. The van der Waals surface area contributed by atoms with Gasteiger partial charge < -0.3 is 10.5 Å². The molecule has 0 heterocycles. The third-order valence-electron chi connectivity index (χ3n) is 4.14. The van der Waals surface area contributed by atoms with Crippen molar-refractivity contribution in [3.05, 3.63) is 29.3 Å². The van der Waals surface area contributed by atoms with Crippen LogP contribution in [0.5, 0.6) is 5.75 Å². The van der Waals surface area contributed by atoms with E-state index in [4.69, 9.17) is 15.9 Å². The molecule has 0 unspecified atom stereocenters. The molecule has 0 saturated heterocycles. The third kappa shape index (κ3) is 2.35. The number of aryl methyl sites for hydroxylation is 2. The monoisotopic (exact) mass is 244 g/mol. The quantitative estimate of drug-likeness (QED) is 0.618. The van der Waals surface area contributed by atoms with E-state index in [-0.39, 0.29) is 11.3 Å². The molecule has 0 aromatic heterocycles. The first kappa shape index (κ1) is 11.6. The summed E-state index contributed by atoms with van der Waals surface area (Å²) in [5.41, 5.74) is 8.57. The number of hydrogen-bond acceptors (Lipinski definition) is 2. The minimum atomic E-state index is 0.158. The molecule has 1 saturated carbocycles. The van der Waals surface area contributed by atoms with E-state index in [0.29, 0.717) is 13.0 Å². The van der Waals surface area contributed by atoms with Gasteiger partial charge in [-0.15, -0.1) is 0 Å². The smallest absolute Gasteiger partial charge is 0.119 e. The maximum Gasteiger partial charge on any atom is 0.119 e. The van der Waals surface area contributed by atoms with Crippen molar-refractivity contribution in [3.8, 4) is 5.75 Å². The summed E-state index contributed by atoms with van der Waals surface area (Å²) in [4.78, 5) is 0. The summed E-state index contributed by atoms with van der Waals surface area (Å²) in [5.74, 6) is 1.26. The lowest BCUT2D eigenvalue weighted by Crippen LogP contribution is -2.21. The number of rotatable bonds is 5. The summed E-state index contributed by atoms with van der Waals surface area (Å²) in [7, 11) is 0. The number of hydrogen-bond donors (Lipinski definition) is 2. The van der Waals surface area contributed by atoms with Gasteiger partial charge in [0.2, 0.25) is 0 Å². The number of amidine groups is 1. The molecule has 0 bridgehead atoms. The van der Waals surface area contributed by atoms with E-state index in [0.717, 1.165) is 18.6 Å². The second-order valence-electron chi connectivity index (χ2n) is 5.77. The van der Waals surface area contributed by atoms with Crippen LogP contribution in [0.3, 0.4) is 0 Å². The molecule has 0 spiro atoms. The molecule has 0 aliphatic heterocycles. The van der Waals surface area contributed by atoms with Gasteiger partial charge in [0.05, 0.1) is 12.4 Å². The van der Waals surface area contributed by atoms with Crippen LogP contribution >= 0.6 is 0 Å². The summed E-state index contributed by atoms with van der Waals surface area (Å²) in [5, 5.41) is 7.40. The SMILES string of the molecule is N=C(N)CC1(COc2ccc3c(c2)CCC3)CC1. The number of nitrogens with two attached hydrogens (primary N) is 1. The first-order valence-electron chi connectivity index (χ1n) is 6.74. The molecule has 0 radical (unpaired) electrons. The third-order valence-corrected chi connectivity index (χ3v) is 4.14. The second-order valence-corrected chi connectivity index (χ2v) is 5.77. The van der Waals surface area contributed by atoms with Gasteiger partial charge in [-0.25, -0.2) is 0 Å². The summed E-state index contributed by atoms with van der Waals surface area (Å²) in [6.07, 6.45) is 6.62. The lowest BCUT2D eigenvalue weighted by Gasteiger charge is -2.16. The Labute approximate surface area is 108 Å². The van der Waals surface area contributed by atoms with Crippen LogP contribution in [0.2, 0.25) is 0 Å². The highest BCUT2D eigenvalue weighted by Gasteiger charge is 2.44. The number of benzene rings is 1. The van der Waals surface area contributed by atoms with Crippen LogP contribution in [-0.2, 0) is 12.8 Å². The molecule has 3 rings (SSSR count). The normalized spacial score (nSPS) is 19.3. The van der Waals surface area contributed by atoms with Gasteiger partial charge in [-0.1, -0.05) is 6.07 Å². The predicted molar refractivity (Wildman–Crippen MR) is 72.2 cm³/mol. The van der Waals surface area contributed by atoms with Gasteiger partial charge in [0.25, 0.3) is 0 Å². The second kappa shape index (κ2) is 4.30. The molecule has 1 aromatic rings. The van der Waals surface area contributed by atoms with E-state index < -0.39 is 0 Å². The topological polar surface area (TPSA) is 59.1 Å². The van der Waals surface area contributed by atoms with Crippen LogP contribution < -0.4 is 10.5 Å². The first-order chi connectivity index (χ1) is 8.67. The lowest BCUT2D eigenvalue weighted by atomic mass is 10.0. The Bertz CT molecular complexity index is 477. The maximum absolute atomic E-state index is 7.40. The number of nitrogens with one attached hydrogen (secondary N) is 1. The molecule has 0 amide bonds. The Balaban J connectivity index is 1.62. The fourth-order valence-corrected chi connectivity index (χ4v) is 2.83. The van der Waals surface area contributed by atoms with Crippen LogP contribution in [0.1, 0.15) is 36.8 Å². The highest BCUT2D eigenvalue weighted by Crippen LogP contribution is 2.48. The summed E-state index contributed by atoms with van der Waals surface area (Å²) >= 11 is 0. The van der Waals surface area contributed by atoms with Crippen LogP contribution in [0.15, 0.2) is 18.2 Å². The van der Waals surface area contributed by atoms with Crippen molar-refractivity contribution in [1.29, 1.82) is 5.41 Å². The van der Waals surface area contributed by atoms with E-state index in [1.54, 1.807) is 0 Å². The molecular weight excluding hydrogens is 224 g/mol. The Hall–Kier alpha value is -1.51. The summed E-state index contributed by atoms with van der Waals surface area (Å²) < 4.78 is 5.91. The number of ether oxygens (including phenoxy) is 1. The van der Waals surface area contributed by atoms with Crippen LogP contribution in [0, 0.1) is 10.8 Å². The molecule has 2 aliphatic carbocycles. The molecule has 1 fully saturated rings. The lowest BCUT2D eigenvalue weighted by molar-refractivity contribution is 0.238. The Morgan fingerprint density at radius 1 is 1.28 bits per heavy atom. The Kier molecular flexibility index (Phi) is 2.77. The van der Waals surface area contributed by atoms with Crippen molar-refractivity contribution in [2.24, 2.45) is 11.1 Å². The van der Waals surface area contributed by atoms with Gasteiger partial charge in [0.15, 0.2) is 0 Å². The van der Waals surface area contributed by atoms with Crippen molar-refractivity contribution in [2.45, 2.75) is 38.5 Å². The van der Waals surface area contributed by atoms with Crippen molar-refractivity contribution < 1.29 is 4.74 Å². The molecule has 18 heavy (non-hydrogen) atoms. The molecule has 1 aromatic carbocycles. The average Bonchev–Trinajstić information content (AvgIpc) is 2.92. The van der Waals surface area contributed by atoms with Crippen molar-refractivity contribution in [2.75, 3.05) is 6.61 Å². The van der Waals surface area contributed by atoms with Gasteiger partial charge >= 0.3 is 0 Å². The van der Waals surface area contributed by atoms with Gasteiger partial charge in [-0.05, 0) is 55.4 Å². The van der Waals surface area contributed by atoms with E-state index in [2.05, 4.69) is 18.2 Å². The fourth-order valence-electron chi connectivity index (χ4n) is 2.83. The van der Waals surface area contributed by atoms with Crippen molar-refractivity contribution >= 4 is 5.84 Å². The number of fused-ring (bicyclic) bond motifs is 1. The minimum Gasteiger partial charge on any atom is -0.493 e. The largest absolute Gasteiger partial charge is 0.493 e. The zero-order chi connectivity index (χ0) is 12.6. The summed E-state index contributed by atoms with van der Waals surface area (Å²) in [6, 6.07) is 6.46. The summed E-state index contributed by atoms with van der Waals surface area (Å²) in [6.45, 7) is 0.700. The predicted octanol–water partition coefficient (Wildman–Crippen LogP) is 2.66. The Morgan fingerprint density at radius 2 is 2.06 bits per heavy atom. The molecule has 2 aliphatic rings. The molecular formula is C15H20N2O. The van der Waals surface area contributed by atoms with E-state index in [1.165, 1.54) is 30.4 Å². The molecule has 3 heteroatoms. The fraction of sp³-hybridized carbons (Fsp3) is 0.533.